The molecule has 5 nitrogen and oxygen atoms in total. The molecular weight excluding hydrogens is 228 g/mol. The second kappa shape index (κ2) is 4.03. The van der Waals surface area contributed by atoms with Crippen molar-refractivity contribution in [3.05, 3.63) is 48.4 Å². The van der Waals surface area contributed by atoms with Crippen LogP contribution in [-0.4, -0.2) is 25.6 Å². The molecule has 0 aromatic carbocycles. The van der Waals surface area contributed by atoms with Gasteiger partial charge in [0.15, 0.2) is 6.29 Å². The molecule has 0 bridgehead atoms. The molecule has 0 spiro atoms. The maximum atomic E-state index is 10.9. The number of carbonyl (C=O) groups is 1. The predicted molar refractivity (Wildman–Crippen MR) is 66.3 cm³/mol. The molecule has 0 unspecified atom stereocenters. The number of aldehydes is 1. The molecule has 0 amide bonds. The van der Waals surface area contributed by atoms with Crippen LogP contribution in [0.4, 0.5) is 0 Å². The zero-order valence-electron chi connectivity index (χ0n) is 9.74. The molecule has 5 heteroatoms. The third kappa shape index (κ3) is 1.57. The number of pyridine rings is 1. The van der Waals surface area contributed by atoms with E-state index in [1.807, 2.05) is 25.3 Å². The summed E-state index contributed by atoms with van der Waals surface area (Å²) in [7, 11) is 0. The maximum absolute atomic E-state index is 10.9. The number of nitrogens with zero attached hydrogens (tertiary/aromatic N) is 4. The van der Waals surface area contributed by atoms with Crippen molar-refractivity contribution in [1.29, 1.82) is 0 Å². The van der Waals surface area contributed by atoms with Crippen LogP contribution >= 0.6 is 0 Å². The van der Waals surface area contributed by atoms with Gasteiger partial charge in [-0.2, -0.15) is 0 Å². The summed E-state index contributed by atoms with van der Waals surface area (Å²) in [4.78, 5) is 23.2. The molecule has 0 saturated carbocycles. The molecule has 0 aliphatic heterocycles. The second-order valence-corrected chi connectivity index (χ2v) is 3.97. The average Bonchev–Trinajstić information content (AvgIpc) is 2.81. The summed E-state index contributed by atoms with van der Waals surface area (Å²) in [6, 6.07) is 3.82. The first-order valence-corrected chi connectivity index (χ1v) is 5.49. The number of hydrogen-bond acceptors (Lipinski definition) is 4. The highest BCUT2D eigenvalue weighted by molar-refractivity contribution is 5.75. The highest BCUT2D eigenvalue weighted by Crippen LogP contribution is 2.21. The lowest BCUT2D eigenvalue weighted by molar-refractivity contribution is 0.111. The molecule has 3 heterocycles. The molecule has 3 rings (SSSR count). The molecule has 88 valence electrons. The van der Waals surface area contributed by atoms with Gasteiger partial charge < -0.3 is 0 Å². The van der Waals surface area contributed by atoms with Crippen LogP contribution in [-0.2, 0) is 0 Å². The summed E-state index contributed by atoms with van der Waals surface area (Å²) in [6.07, 6.45) is 7.50. The van der Waals surface area contributed by atoms with E-state index in [1.54, 1.807) is 16.8 Å². The quantitative estimate of drug-likeness (QED) is 0.640. The van der Waals surface area contributed by atoms with Gasteiger partial charge in [0.05, 0.1) is 6.20 Å². The van der Waals surface area contributed by atoms with Crippen LogP contribution in [0.25, 0.3) is 16.8 Å². The number of rotatable bonds is 2. The van der Waals surface area contributed by atoms with Crippen LogP contribution in [0.1, 0.15) is 16.2 Å². The fourth-order valence-corrected chi connectivity index (χ4v) is 1.92. The van der Waals surface area contributed by atoms with Crippen LogP contribution in [0.3, 0.4) is 0 Å². The fraction of sp³-hybridized carbons (Fsp3) is 0.0769. The number of imidazole rings is 1. The minimum Gasteiger partial charge on any atom is -0.297 e. The van der Waals surface area contributed by atoms with E-state index in [2.05, 4.69) is 15.0 Å². The first kappa shape index (κ1) is 10.6. The summed E-state index contributed by atoms with van der Waals surface area (Å²) in [5.74, 6) is 0. The van der Waals surface area contributed by atoms with Gasteiger partial charge in [-0.15, -0.1) is 0 Å². The number of aryl methyl sites for hydroxylation is 1. The Hall–Kier alpha value is -2.56. The van der Waals surface area contributed by atoms with Gasteiger partial charge >= 0.3 is 0 Å². The first-order chi connectivity index (χ1) is 8.79. The van der Waals surface area contributed by atoms with Gasteiger partial charge in [0.1, 0.15) is 17.7 Å². The Kier molecular flexibility index (Phi) is 2.37. The Morgan fingerprint density at radius 2 is 2.11 bits per heavy atom. The van der Waals surface area contributed by atoms with Crippen LogP contribution in [0, 0.1) is 6.92 Å². The normalized spacial score (nSPS) is 10.7. The van der Waals surface area contributed by atoms with Crippen LogP contribution < -0.4 is 0 Å². The fourth-order valence-electron chi connectivity index (χ4n) is 1.92. The van der Waals surface area contributed by atoms with Crippen molar-refractivity contribution in [2.24, 2.45) is 0 Å². The lowest BCUT2D eigenvalue weighted by Crippen LogP contribution is -1.94. The molecule has 0 fully saturated rings. The van der Waals surface area contributed by atoms with Crippen molar-refractivity contribution < 1.29 is 4.79 Å². The minimum absolute atomic E-state index is 0.529. The van der Waals surface area contributed by atoms with Crippen molar-refractivity contribution in [2.75, 3.05) is 0 Å². The van der Waals surface area contributed by atoms with E-state index in [4.69, 9.17) is 0 Å². The van der Waals surface area contributed by atoms with E-state index in [-0.39, 0.29) is 0 Å². The Labute approximate surface area is 103 Å². The van der Waals surface area contributed by atoms with Crippen molar-refractivity contribution in [1.82, 2.24) is 19.4 Å². The minimum atomic E-state index is 0.529. The molecule has 3 aromatic rings. The highest BCUT2D eigenvalue weighted by atomic mass is 16.1. The lowest BCUT2D eigenvalue weighted by Gasteiger charge is -2.05. The standard InChI is InChI=1S/C13H10N4O/c1-9-12(5-14-8-16-9)10-2-3-13-15-4-11(7-18)17(13)6-10/h2-8H,1H3. The topological polar surface area (TPSA) is 60.2 Å². The number of carbonyl (C=O) groups excluding carboxylic acids is 1. The van der Waals surface area contributed by atoms with Crippen molar-refractivity contribution in [3.63, 3.8) is 0 Å². The van der Waals surface area contributed by atoms with Gasteiger partial charge in [0.25, 0.3) is 0 Å². The molecule has 18 heavy (non-hydrogen) atoms. The van der Waals surface area contributed by atoms with Gasteiger partial charge in [-0.25, -0.2) is 15.0 Å². The van der Waals surface area contributed by atoms with E-state index >= 15 is 0 Å². The van der Waals surface area contributed by atoms with Crippen LogP contribution in [0.2, 0.25) is 0 Å². The van der Waals surface area contributed by atoms with Crippen molar-refractivity contribution in [3.8, 4) is 11.1 Å². The average molecular weight is 238 g/mol. The first-order valence-electron chi connectivity index (χ1n) is 5.49. The lowest BCUT2D eigenvalue weighted by atomic mass is 10.1. The van der Waals surface area contributed by atoms with E-state index in [0.717, 1.165) is 28.8 Å². The zero-order valence-corrected chi connectivity index (χ0v) is 9.74. The Morgan fingerprint density at radius 3 is 2.89 bits per heavy atom. The van der Waals surface area contributed by atoms with E-state index in [0.29, 0.717) is 5.69 Å². The SMILES string of the molecule is Cc1ncncc1-c1ccc2ncc(C=O)n2c1. The van der Waals surface area contributed by atoms with Crippen molar-refractivity contribution in [2.45, 2.75) is 6.92 Å². The Bertz CT molecular complexity index is 733. The number of aromatic nitrogens is 4. The largest absolute Gasteiger partial charge is 0.297 e. The molecule has 0 aliphatic carbocycles. The highest BCUT2D eigenvalue weighted by Gasteiger charge is 2.06. The summed E-state index contributed by atoms with van der Waals surface area (Å²) >= 11 is 0. The molecule has 0 atom stereocenters. The van der Waals surface area contributed by atoms with Gasteiger partial charge in [-0.1, -0.05) is 0 Å². The number of hydrogen-bond donors (Lipinski definition) is 0. The molecule has 0 N–H and O–H groups in total. The molecule has 0 radical (unpaired) electrons. The Balaban J connectivity index is 2.24. The van der Waals surface area contributed by atoms with E-state index < -0.39 is 0 Å². The molecule has 0 saturated heterocycles. The second-order valence-electron chi connectivity index (χ2n) is 3.97. The van der Waals surface area contributed by atoms with E-state index in [1.165, 1.54) is 6.33 Å². The summed E-state index contributed by atoms with van der Waals surface area (Å²) in [5.41, 5.74) is 4.08. The van der Waals surface area contributed by atoms with Gasteiger partial charge in [0, 0.05) is 29.2 Å². The summed E-state index contributed by atoms with van der Waals surface area (Å²) in [6.45, 7) is 1.93. The summed E-state index contributed by atoms with van der Waals surface area (Å²) in [5, 5.41) is 0. The monoisotopic (exact) mass is 238 g/mol. The predicted octanol–water partition coefficient (Wildman–Crippen LogP) is 1.91. The zero-order chi connectivity index (χ0) is 12.5. The molecule has 3 aromatic heterocycles. The van der Waals surface area contributed by atoms with Gasteiger partial charge in [-0.3, -0.25) is 9.20 Å². The third-order valence-corrected chi connectivity index (χ3v) is 2.88. The number of fused-ring (bicyclic) bond motifs is 1. The van der Waals surface area contributed by atoms with E-state index in [9.17, 15) is 4.79 Å². The van der Waals surface area contributed by atoms with Crippen molar-refractivity contribution >= 4 is 11.9 Å². The van der Waals surface area contributed by atoms with Crippen LogP contribution in [0.5, 0.6) is 0 Å². The summed E-state index contributed by atoms with van der Waals surface area (Å²) < 4.78 is 1.76. The Morgan fingerprint density at radius 1 is 1.22 bits per heavy atom. The smallest absolute Gasteiger partial charge is 0.168 e. The maximum Gasteiger partial charge on any atom is 0.168 e. The molecule has 0 aliphatic rings. The van der Waals surface area contributed by atoms with Gasteiger partial charge in [0.2, 0.25) is 0 Å². The third-order valence-electron chi connectivity index (χ3n) is 2.88. The van der Waals surface area contributed by atoms with Gasteiger partial charge in [-0.05, 0) is 19.1 Å². The molecular formula is C13H10N4O. The van der Waals surface area contributed by atoms with Crippen LogP contribution in [0.15, 0.2) is 37.1 Å².